The van der Waals surface area contributed by atoms with E-state index in [-0.39, 0.29) is 12.1 Å². The molecule has 0 bridgehead atoms. The minimum atomic E-state index is -0.461. The number of nitrogens with zero attached hydrogens (tertiary/aromatic N) is 2. The molecule has 1 aromatic rings. The fraction of sp³-hybridized carbons (Fsp3) is 0.667. The molecule has 0 saturated carbocycles. The summed E-state index contributed by atoms with van der Waals surface area (Å²) in [5, 5.41) is 0.764. The average Bonchev–Trinajstić information content (AvgIpc) is 2.51. The number of halogens is 1. The van der Waals surface area contributed by atoms with Crippen molar-refractivity contribution in [3.8, 4) is 0 Å². The van der Waals surface area contributed by atoms with Gasteiger partial charge in [0.2, 0.25) is 0 Å². The Hall–Kier alpha value is -1.26. The minimum absolute atomic E-state index is 0.126. The Morgan fingerprint density at radius 2 is 1.85 bits per heavy atom. The van der Waals surface area contributed by atoms with Crippen LogP contribution in [0.1, 0.15) is 59.6 Å². The molecule has 1 saturated heterocycles. The highest BCUT2D eigenvalue weighted by Gasteiger charge is 2.34. The van der Waals surface area contributed by atoms with Gasteiger partial charge in [0, 0.05) is 36.7 Å². The maximum absolute atomic E-state index is 12.5. The van der Waals surface area contributed by atoms with E-state index < -0.39 is 5.60 Å². The van der Waals surface area contributed by atoms with E-state index in [1.165, 1.54) is 5.56 Å². The third-order valence-corrected chi connectivity index (χ3v) is 4.93. The van der Waals surface area contributed by atoms with E-state index in [4.69, 9.17) is 16.3 Å². The fourth-order valence-electron chi connectivity index (χ4n) is 3.49. The molecule has 2 rings (SSSR count). The molecule has 146 valence electrons. The second-order valence-electron chi connectivity index (χ2n) is 8.71. The van der Waals surface area contributed by atoms with Crippen molar-refractivity contribution in [1.29, 1.82) is 0 Å². The van der Waals surface area contributed by atoms with Gasteiger partial charge in [-0.05, 0) is 57.7 Å². The van der Waals surface area contributed by atoms with E-state index in [0.717, 1.165) is 24.5 Å². The molecule has 0 spiro atoms. The molecule has 4 nitrogen and oxygen atoms in total. The van der Waals surface area contributed by atoms with Crippen LogP contribution in [0.2, 0.25) is 5.02 Å². The molecule has 2 unspecified atom stereocenters. The molecule has 1 fully saturated rings. The normalized spacial score (nSPS) is 20.3. The topological polar surface area (TPSA) is 32.8 Å². The van der Waals surface area contributed by atoms with E-state index >= 15 is 0 Å². The van der Waals surface area contributed by atoms with Crippen LogP contribution >= 0.6 is 11.6 Å². The Balaban J connectivity index is 2.10. The van der Waals surface area contributed by atoms with Gasteiger partial charge in [0.15, 0.2) is 0 Å². The Bertz CT molecular complexity index is 595. The number of benzene rings is 1. The molecule has 26 heavy (non-hydrogen) atoms. The van der Waals surface area contributed by atoms with Crippen LogP contribution in [-0.4, -0.2) is 47.2 Å². The number of piperazine rings is 1. The van der Waals surface area contributed by atoms with E-state index in [9.17, 15) is 4.79 Å². The zero-order valence-electron chi connectivity index (χ0n) is 17.0. The van der Waals surface area contributed by atoms with Crippen molar-refractivity contribution < 1.29 is 9.53 Å². The van der Waals surface area contributed by atoms with E-state index in [2.05, 4.69) is 37.8 Å². The molecule has 0 aromatic heterocycles. The zero-order valence-corrected chi connectivity index (χ0v) is 17.7. The van der Waals surface area contributed by atoms with Crippen molar-refractivity contribution in [3.63, 3.8) is 0 Å². The molecular weight excluding hydrogens is 348 g/mol. The van der Waals surface area contributed by atoms with Crippen LogP contribution in [0.3, 0.4) is 0 Å². The SMILES string of the molecule is CC(C)CC(c1ccc(Cl)cc1)N1CCN(C(=O)OC(C)(C)C)C(C)C1. The molecule has 0 N–H and O–H groups in total. The summed E-state index contributed by atoms with van der Waals surface area (Å²) in [6.45, 7) is 14.7. The molecule has 1 aliphatic heterocycles. The van der Waals surface area contributed by atoms with Gasteiger partial charge in [-0.2, -0.15) is 0 Å². The summed E-state index contributed by atoms with van der Waals surface area (Å²) in [5.41, 5.74) is 0.832. The molecule has 1 aromatic carbocycles. The lowest BCUT2D eigenvalue weighted by Gasteiger charge is -2.44. The van der Waals surface area contributed by atoms with Crippen LogP contribution in [0.5, 0.6) is 0 Å². The third kappa shape index (κ3) is 5.88. The van der Waals surface area contributed by atoms with E-state index in [0.29, 0.717) is 18.5 Å². The number of hydrogen-bond donors (Lipinski definition) is 0. The minimum Gasteiger partial charge on any atom is -0.444 e. The van der Waals surface area contributed by atoms with Gasteiger partial charge in [-0.3, -0.25) is 4.90 Å². The zero-order chi connectivity index (χ0) is 19.5. The van der Waals surface area contributed by atoms with Gasteiger partial charge in [0.25, 0.3) is 0 Å². The van der Waals surface area contributed by atoms with Gasteiger partial charge < -0.3 is 9.64 Å². The summed E-state index contributed by atoms with van der Waals surface area (Å²) in [7, 11) is 0. The van der Waals surface area contributed by atoms with Crippen molar-refractivity contribution in [1.82, 2.24) is 9.80 Å². The monoisotopic (exact) mass is 380 g/mol. The number of hydrogen-bond acceptors (Lipinski definition) is 3. The predicted molar refractivity (Wildman–Crippen MR) is 108 cm³/mol. The van der Waals surface area contributed by atoms with Gasteiger partial charge in [0.1, 0.15) is 5.60 Å². The Kier molecular flexibility index (Phi) is 6.98. The molecular formula is C21H33ClN2O2. The molecule has 1 amide bonds. The quantitative estimate of drug-likeness (QED) is 0.704. The maximum Gasteiger partial charge on any atom is 0.410 e. The lowest BCUT2D eigenvalue weighted by atomic mass is 9.94. The first-order valence-corrected chi connectivity index (χ1v) is 9.93. The fourth-order valence-corrected chi connectivity index (χ4v) is 3.61. The van der Waals surface area contributed by atoms with Gasteiger partial charge in [-0.1, -0.05) is 37.6 Å². The van der Waals surface area contributed by atoms with Crippen molar-refractivity contribution in [2.24, 2.45) is 5.92 Å². The van der Waals surface area contributed by atoms with Crippen LogP contribution in [0.15, 0.2) is 24.3 Å². The summed E-state index contributed by atoms with van der Waals surface area (Å²) in [6, 6.07) is 8.64. The predicted octanol–water partition coefficient (Wildman–Crippen LogP) is 5.37. The van der Waals surface area contributed by atoms with Crippen LogP contribution in [0.25, 0.3) is 0 Å². The van der Waals surface area contributed by atoms with Crippen LogP contribution < -0.4 is 0 Å². The van der Waals surface area contributed by atoms with Crippen LogP contribution in [0.4, 0.5) is 4.79 Å². The highest BCUT2D eigenvalue weighted by molar-refractivity contribution is 6.30. The van der Waals surface area contributed by atoms with Gasteiger partial charge in [-0.25, -0.2) is 4.79 Å². The summed E-state index contributed by atoms with van der Waals surface area (Å²) in [4.78, 5) is 16.8. The van der Waals surface area contributed by atoms with E-state index in [1.54, 1.807) is 0 Å². The lowest BCUT2D eigenvalue weighted by molar-refractivity contribution is -0.00609. The van der Waals surface area contributed by atoms with Crippen molar-refractivity contribution in [2.75, 3.05) is 19.6 Å². The van der Waals surface area contributed by atoms with Gasteiger partial charge in [0.05, 0.1) is 0 Å². The summed E-state index contributed by atoms with van der Waals surface area (Å²) in [6.07, 6.45) is 0.873. The number of carbonyl (C=O) groups excluding carboxylic acids is 1. The van der Waals surface area contributed by atoms with Crippen molar-refractivity contribution in [2.45, 2.75) is 65.6 Å². The third-order valence-electron chi connectivity index (χ3n) is 4.68. The molecule has 1 aliphatic rings. The molecule has 2 atom stereocenters. The number of rotatable bonds is 4. The first-order chi connectivity index (χ1) is 12.1. The number of amides is 1. The highest BCUT2D eigenvalue weighted by atomic mass is 35.5. The van der Waals surface area contributed by atoms with Crippen LogP contribution in [-0.2, 0) is 4.74 Å². The van der Waals surface area contributed by atoms with Crippen molar-refractivity contribution >= 4 is 17.7 Å². The second-order valence-corrected chi connectivity index (χ2v) is 9.15. The molecule has 0 aliphatic carbocycles. The summed E-state index contributed by atoms with van der Waals surface area (Å²) in [5.74, 6) is 0.592. The van der Waals surface area contributed by atoms with Gasteiger partial charge in [-0.15, -0.1) is 0 Å². The lowest BCUT2D eigenvalue weighted by Crippen LogP contribution is -2.55. The maximum atomic E-state index is 12.5. The first-order valence-electron chi connectivity index (χ1n) is 9.56. The highest BCUT2D eigenvalue weighted by Crippen LogP contribution is 2.31. The number of ether oxygens (including phenoxy) is 1. The Labute approximate surface area is 163 Å². The molecule has 5 heteroatoms. The Morgan fingerprint density at radius 1 is 1.23 bits per heavy atom. The van der Waals surface area contributed by atoms with E-state index in [1.807, 2.05) is 37.8 Å². The summed E-state index contributed by atoms with van der Waals surface area (Å²) >= 11 is 6.07. The summed E-state index contributed by atoms with van der Waals surface area (Å²) < 4.78 is 5.56. The first kappa shape index (κ1) is 21.0. The van der Waals surface area contributed by atoms with Gasteiger partial charge >= 0.3 is 6.09 Å². The Morgan fingerprint density at radius 3 is 2.35 bits per heavy atom. The molecule has 1 heterocycles. The smallest absolute Gasteiger partial charge is 0.410 e. The van der Waals surface area contributed by atoms with Crippen LogP contribution in [0, 0.1) is 5.92 Å². The number of carbonyl (C=O) groups is 1. The second kappa shape index (κ2) is 8.62. The standard InChI is InChI=1S/C21H33ClN2O2/c1-15(2)13-19(17-7-9-18(22)10-8-17)23-11-12-24(16(3)14-23)20(25)26-21(4,5)6/h7-10,15-16,19H,11-14H2,1-6H3. The average molecular weight is 381 g/mol. The largest absolute Gasteiger partial charge is 0.444 e. The van der Waals surface area contributed by atoms with Crippen molar-refractivity contribution in [3.05, 3.63) is 34.9 Å². The molecule has 0 radical (unpaired) electrons.